The number of hydrogen-bond donors (Lipinski definition) is 0. The Morgan fingerprint density at radius 2 is 2.28 bits per heavy atom. The second kappa shape index (κ2) is 5.23. The summed E-state index contributed by atoms with van der Waals surface area (Å²) >= 11 is 3.46. The molecule has 0 spiro atoms. The lowest BCUT2D eigenvalue weighted by Gasteiger charge is -2.19. The van der Waals surface area contributed by atoms with Crippen LogP contribution in [0.1, 0.15) is 11.4 Å². The quantitative estimate of drug-likeness (QED) is 0.876. The fourth-order valence-electron chi connectivity index (χ4n) is 1.74. The van der Waals surface area contributed by atoms with Crippen LogP contribution in [0.4, 0.5) is 5.69 Å². The second-order valence-electron chi connectivity index (χ2n) is 4.13. The molecule has 0 bridgehead atoms. The third-order valence-electron chi connectivity index (χ3n) is 2.78. The summed E-state index contributed by atoms with van der Waals surface area (Å²) in [4.78, 5) is 6.16. The maximum atomic E-state index is 8.71. The van der Waals surface area contributed by atoms with Crippen molar-refractivity contribution in [2.24, 2.45) is 7.05 Å². The summed E-state index contributed by atoms with van der Waals surface area (Å²) in [7, 11) is 4.02. The molecule has 0 aliphatic carbocycles. The van der Waals surface area contributed by atoms with Crippen molar-refractivity contribution in [1.82, 2.24) is 9.55 Å². The number of pyridine rings is 1. The van der Waals surface area contributed by atoms with Crippen LogP contribution in [0.5, 0.6) is 0 Å². The summed E-state index contributed by atoms with van der Waals surface area (Å²) in [6.45, 7) is 0.787. The minimum atomic E-state index is 0.439. The Balaban J connectivity index is 2.14. The first kappa shape index (κ1) is 12.7. The molecular weight excluding hydrogens is 292 g/mol. The fourth-order valence-corrected chi connectivity index (χ4v) is 2.31. The molecule has 0 aliphatic rings. The third kappa shape index (κ3) is 2.71. The van der Waals surface area contributed by atoms with Crippen LogP contribution in [0, 0.1) is 11.3 Å². The monoisotopic (exact) mass is 304 g/mol. The van der Waals surface area contributed by atoms with Crippen LogP contribution < -0.4 is 4.90 Å². The zero-order valence-corrected chi connectivity index (χ0v) is 11.8. The first-order valence-electron chi connectivity index (χ1n) is 5.48. The first-order valence-corrected chi connectivity index (χ1v) is 6.27. The van der Waals surface area contributed by atoms with Gasteiger partial charge in [0, 0.05) is 30.5 Å². The number of aromatic nitrogens is 2. The molecule has 0 unspecified atom stereocenters. The molecule has 0 aromatic carbocycles. The summed E-state index contributed by atoms with van der Waals surface area (Å²) < 4.78 is 3.16. The van der Waals surface area contributed by atoms with Crippen LogP contribution in [-0.4, -0.2) is 16.6 Å². The number of anilines is 1. The Kier molecular flexibility index (Phi) is 3.68. The minimum Gasteiger partial charge on any atom is -0.368 e. The number of aryl methyl sites for hydroxylation is 1. The molecule has 0 atom stereocenters. The summed E-state index contributed by atoms with van der Waals surface area (Å²) in [5.74, 6) is 0. The van der Waals surface area contributed by atoms with Crippen LogP contribution in [0.15, 0.2) is 35.1 Å². The van der Waals surface area contributed by atoms with Gasteiger partial charge in [-0.3, -0.25) is 0 Å². The second-order valence-corrected chi connectivity index (χ2v) is 5.05. The van der Waals surface area contributed by atoms with Crippen molar-refractivity contribution in [3.63, 3.8) is 0 Å². The fraction of sp³-hybridized carbons (Fsp3) is 0.231. The molecule has 5 heteroatoms. The largest absolute Gasteiger partial charge is 0.368 e. The highest BCUT2D eigenvalue weighted by Gasteiger charge is 2.06. The minimum absolute atomic E-state index is 0.439. The smallest absolute Gasteiger partial charge is 0.140 e. The van der Waals surface area contributed by atoms with E-state index < -0.39 is 0 Å². The molecule has 4 nitrogen and oxygen atoms in total. The average Bonchev–Trinajstić information content (AvgIpc) is 2.68. The Labute approximate surface area is 115 Å². The van der Waals surface area contributed by atoms with E-state index in [1.54, 1.807) is 12.3 Å². The zero-order chi connectivity index (χ0) is 13.1. The van der Waals surface area contributed by atoms with E-state index in [4.69, 9.17) is 5.26 Å². The molecule has 0 saturated carbocycles. The van der Waals surface area contributed by atoms with Gasteiger partial charge in [-0.15, -0.1) is 0 Å². The van der Waals surface area contributed by atoms with Gasteiger partial charge in [-0.25, -0.2) is 4.98 Å². The number of nitrogens with zero attached hydrogens (tertiary/aromatic N) is 4. The Morgan fingerprint density at radius 3 is 2.78 bits per heavy atom. The molecule has 92 valence electrons. The lowest BCUT2D eigenvalue weighted by atomic mass is 10.3. The SMILES string of the molecule is CN(Cc1cc(Br)cn1C)c1ccc(C#N)nc1. The number of rotatable bonds is 3. The van der Waals surface area contributed by atoms with Crippen molar-refractivity contribution >= 4 is 21.6 Å². The van der Waals surface area contributed by atoms with E-state index in [1.807, 2.05) is 32.4 Å². The van der Waals surface area contributed by atoms with E-state index in [9.17, 15) is 0 Å². The van der Waals surface area contributed by atoms with Gasteiger partial charge in [-0.1, -0.05) is 0 Å². The zero-order valence-electron chi connectivity index (χ0n) is 10.3. The lowest BCUT2D eigenvalue weighted by Crippen LogP contribution is -2.18. The predicted molar refractivity (Wildman–Crippen MR) is 74.2 cm³/mol. The van der Waals surface area contributed by atoms with Gasteiger partial charge in [0.05, 0.1) is 18.4 Å². The topological polar surface area (TPSA) is 44.9 Å². The van der Waals surface area contributed by atoms with Gasteiger partial charge < -0.3 is 9.47 Å². The molecule has 2 rings (SSSR count). The first-order chi connectivity index (χ1) is 8.60. The van der Waals surface area contributed by atoms with Gasteiger partial charge >= 0.3 is 0 Å². The van der Waals surface area contributed by atoms with Crippen molar-refractivity contribution in [3.05, 3.63) is 46.5 Å². The highest BCUT2D eigenvalue weighted by molar-refractivity contribution is 9.10. The van der Waals surface area contributed by atoms with Crippen molar-refractivity contribution in [2.75, 3.05) is 11.9 Å². The molecular formula is C13H13BrN4. The lowest BCUT2D eigenvalue weighted by molar-refractivity contribution is 0.788. The maximum Gasteiger partial charge on any atom is 0.140 e. The molecule has 2 aromatic rings. The summed E-state index contributed by atoms with van der Waals surface area (Å²) in [6, 6.07) is 7.74. The summed E-state index contributed by atoms with van der Waals surface area (Å²) in [6.07, 6.45) is 3.75. The standard InChI is InChI=1S/C13H13BrN4/c1-17-8-10(14)5-13(17)9-18(2)12-4-3-11(6-15)16-7-12/h3-5,7-8H,9H2,1-2H3. The molecule has 0 amide bonds. The molecule has 0 aliphatic heterocycles. The van der Waals surface area contributed by atoms with E-state index in [0.717, 1.165) is 16.7 Å². The molecule has 0 N–H and O–H groups in total. The van der Waals surface area contributed by atoms with Crippen molar-refractivity contribution in [2.45, 2.75) is 6.54 Å². The Morgan fingerprint density at radius 1 is 1.50 bits per heavy atom. The van der Waals surface area contributed by atoms with Crippen molar-refractivity contribution < 1.29 is 0 Å². The molecule has 0 fully saturated rings. The number of halogens is 1. The molecule has 2 heterocycles. The van der Waals surface area contributed by atoms with E-state index in [0.29, 0.717) is 5.69 Å². The highest BCUT2D eigenvalue weighted by atomic mass is 79.9. The van der Waals surface area contributed by atoms with Crippen LogP contribution in [0.3, 0.4) is 0 Å². The average molecular weight is 305 g/mol. The van der Waals surface area contributed by atoms with E-state index in [-0.39, 0.29) is 0 Å². The summed E-state index contributed by atoms with van der Waals surface area (Å²) in [5, 5.41) is 8.71. The van der Waals surface area contributed by atoms with Crippen LogP contribution in [0.25, 0.3) is 0 Å². The van der Waals surface area contributed by atoms with Gasteiger partial charge in [0.1, 0.15) is 11.8 Å². The third-order valence-corrected chi connectivity index (χ3v) is 3.21. The van der Waals surface area contributed by atoms with Crippen molar-refractivity contribution in [3.8, 4) is 6.07 Å². The van der Waals surface area contributed by atoms with Crippen LogP contribution in [0.2, 0.25) is 0 Å². The van der Waals surface area contributed by atoms with Gasteiger partial charge in [0.2, 0.25) is 0 Å². The van der Waals surface area contributed by atoms with E-state index >= 15 is 0 Å². The summed E-state index contributed by atoms with van der Waals surface area (Å²) in [5.41, 5.74) is 2.63. The number of hydrogen-bond acceptors (Lipinski definition) is 3. The molecule has 18 heavy (non-hydrogen) atoms. The molecule has 0 saturated heterocycles. The van der Waals surface area contributed by atoms with Gasteiger partial charge in [-0.05, 0) is 34.1 Å². The number of nitriles is 1. The Hall–Kier alpha value is -1.80. The Bertz CT molecular complexity index is 580. The predicted octanol–water partition coefficient (Wildman–Crippen LogP) is 2.69. The molecule has 2 aromatic heterocycles. The highest BCUT2D eigenvalue weighted by Crippen LogP contribution is 2.18. The van der Waals surface area contributed by atoms with Crippen molar-refractivity contribution in [1.29, 1.82) is 5.26 Å². The van der Waals surface area contributed by atoms with Gasteiger partial charge in [-0.2, -0.15) is 5.26 Å². The van der Waals surface area contributed by atoms with E-state index in [2.05, 4.69) is 36.4 Å². The molecule has 0 radical (unpaired) electrons. The van der Waals surface area contributed by atoms with Gasteiger partial charge in [0.25, 0.3) is 0 Å². The van der Waals surface area contributed by atoms with E-state index in [1.165, 1.54) is 5.69 Å². The van der Waals surface area contributed by atoms with Crippen LogP contribution >= 0.6 is 15.9 Å². The van der Waals surface area contributed by atoms with Gasteiger partial charge in [0.15, 0.2) is 0 Å². The van der Waals surface area contributed by atoms with Crippen LogP contribution in [-0.2, 0) is 13.6 Å². The normalized spacial score (nSPS) is 10.1. The maximum absolute atomic E-state index is 8.71.